The summed E-state index contributed by atoms with van der Waals surface area (Å²) < 4.78 is 11.2. The summed E-state index contributed by atoms with van der Waals surface area (Å²) >= 11 is 0. The SMILES string of the molecule is CC(C)C(NC(=O)c1cccc(NC(=O)C2Cc3ccccc3O2)c1)c1nc(-c2cccnc2)no1. The molecule has 0 fully saturated rings. The van der Waals surface area contributed by atoms with Crippen LogP contribution < -0.4 is 15.4 Å². The minimum absolute atomic E-state index is 0.0137. The van der Waals surface area contributed by atoms with E-state index in [0.717, 1.165) is 16.9 Å². The summed E-state index contributed by atoms with van der Waals surface area (Å²) in [6.45, 7) is 3.91. The van der Waals surface area contributed by atoms with Crippen LogP contribution in [0, 0.1) is 5.92 Å². The van der Waals surface area contributed by atoms with Crippen LogP contribution in [0.4, 0.5) is 5.69 Å². The fourth-order valence-corrected chi connectivity index (χ4v) is 4.00. The summed E-state index contributed by atoms with van der Waals surface area (Å²) in [5.74, 6) is 0.824. The van der Waals surface area contributed by atoms with E-state index in [1.165, 1.54) is 0 Å². The van der Waals surface area contributed by atoms with Gasteiger partial charge in [0.2, 0.25) is 11.7 Å². The Balaban J connectivity index is 1.26. The number of carbonyl (C=O) groups excluding carboxylic acids is 2. The van der Waals surface area contributed by atoms with Crippen LogP contribution >= 0.6 is 0 Å². The van der Waals surface area contributed by atoms with E-state index in [0.29, 0.717) is 29.4 Å². The number of hydrogen-bond acceptors (Lipinski definition) is 7. The molecule has 0 spiro atoms. The van der Waals surface area contributed by atoms with E-state index in [2.05, 4.69) is 25.8 Å². The monoisotopic (exact) mass is 483 g/mol. The maximum atomic E-state index is 13.1. The van der Waals surface area contributed by atoms with Gasteiger partial charge >= 0.3 is 0 Å². The van der Waals surface area contributed by atoms with E-state index >= 15 is 0 Å². The standard InChI is InChI=1S/C27H25N5O4/c1-16(2)23(27-31-24(32-36-27)19-9-6-12-28-15-19)30-25(33)18-8-5-10-20(13-18)29-26(34)22-14-17-7-3-4-11-21(17)35-22/h3-13,15-16,22-23H,14H2,1-2H3,(H,29,34)(H,30,33). The number of amides is 2. The van der Waals surface area contributed by atoms with Crippen molar-refractivity contribution < 1.29 is 18.8 Å². The van der Waals surface area contributed by atoms with Gasteiger partial charge in [-0.25, -0.2) is 0 Å². The molecule has 4 aromatic rings. The largest absolute Gasteiger partial charge is 0.480 e. The smallest absolute Gasteiger partial charge is 0.265 e. The van der Waals surface area contributed by atoms with Crippen LogP contribution in [0.1, 0.15) is 41.7 Å². The van der Waals surface area contributed by atoms with E-state index in [9.17, 15) is 9.59 Å². The third kappa shape index (κ3) is 4.95. The summed E-state index contributed by atoms with van der Waals surface area (Å²) in [6.07, 6.45) is 3.20. The summed E-state index contributed by atoms with van der Waals surface area (Å²) in [5, 5.41) is 9.86. The highest BCUT2D eigenvalue weighted by molar-refractivity contribution is 5.98. The van der Waals surface area contributed by atoms with E-state index in [1.807, 2.05) is 44.2 Å². The fourth-order valence-electron chi connectivity index (χ4n) is 4.00. The van der Waals surface area contributed by atoms with Gasteiger partial charge in [0.15, 0.2) is 6.10 Å². The van der Waals surface area contributed by atoms with Gasteiger partial charge in [0.1, 0.15) is 11.8 Å². The van der Waals surface area contributed by atoms with Gasteiger partial charge in [0.25, 0.3) is 11.8 Å². The number of benzene rings is 2. The highest BCUT2D eigenvalue weighted by atomic mass is 16.5. The van der Waals surface area contributed by atoms with Crippen molar-refractivity contribution in [1.82, 2.24) is 20.4 Å². The molecule has 0 aliphatic carbocycles. The predicted molar refractivity (Wildman–Crippen MR) is 132 cm³/mol. The molecule has 36 heavy (non-hydrogen) atoms. The molecule has 3 heterocycles. The molecule has 0 bridgehead atoms. The molecule has 1 aliphatic rings. The van der Waals surface area contributed by atoms with Crippen molar-refractivity contribution >= 4 is 17.5 Å². The van der Waals surface area contributed by atoms with Crippen LogP contribution in [0.5, 0.6) is 5.75 Å². The Hall–Kier alpha value is -4.53. The zero-order valence-electron chi connectivity index (χ0n) is 19.8. The minimum atomic E-state index is -0.614. The number of pyridine rings is 1. The molecule has 182 valence electrons. The van der Waals surface area contributed by atoms with E-state index in [4.69, 9.17) is 9.26 Å². The summed E-state index contributed by atoms with van der Waals surface area (Å²) in [7, 11) is 0. The van der Waals surface area contributed by atoms with Crippen molar-refractivity contribution in [2.75, 3.05) is 5.32 Å². The Morgan fingerprint density at radius 1 is 1.06 bits per heavy atom. The lowest BCUT2D eigenvalue weighted by Crippen LogP contribution is -2.33. The lowest BCUT2D eigenvalue weighted by atomic mass is 10.0. The van der Waals surface area contributed by atoms with E-state index in [1.54, 1.807) is 42.7 Å². The van der Waals surface area contributed by atoms with Crippen molar-refractivity contribution in [3.8, 4) is 17.1 Å². The molecule has 0 radical (unpaired) electrons. The summed E-state index contributed by atoms with van der Waals surface area (Å²) in [4.78, 5) is 34.4. The fraction of sp³-hybridized carbons (Fsp3) is 0.222. The molecule has 0 saturated carbocycles. The Morgan fingerprint density at radius 2 is 1.92 bits per heavy atom. The summed E-state index contributed by atoms with van der Waals surface area (Å²) in [5.41, 5.74) is 2.61. The molecule has 2 N–H and O–H groups in total. The Kier molecular flexibility index (Phi) is 6.44. The van der Waals surface area contributed by atoms with Crippen LogP contribution in [0.15, 0.2) is 77.6 Å². The first-order chi connectivity index (χ1) is 17.5. The molecule has 1 aliphatic heterocycles. The van der Waals surface area contributed by atoms with Gasteiger partial charge in [-0.2, -0.15) is 4.98 Å². The van der Waals surface area contributed by atoms with E-state index in [-0.39, 0.29) is 17.7 Å². The molecule has 2 atom stereocenters. The number of hydrogen-bond donors (Lipinski definition) is 2. The second kappa shape index (κ2) is 9.99. The van der Waals surface area contributed by atoms with Gasteiger partial charge in [0, 0.05) is 35.6 Å². The van der Waals surface area contributed by atoms with Crippen molar-refractivity contribution in [1.29, 1.82) is 0 Å². The topological polar surface area (TPSA) is 119 Å². The first-order valence-electron chi connectivity index (χ1n) is 11.7. The van der Waals surface area contributed by atoms with Crippen molar-refractivity contribution in [3.05, 3.63) is 90.1 Å². The first kappa shape index (κ1) is 23.2. The van der Waals surface area contributed by atoms with Crippen LogP contribution in [-0.2, 0) is 11.2 Å². The van der Waals surface area contributed by atoms with Crippen molar-refractivity contribution in [3.63, 3.8) is 0 Å². The molecule has 9 nitrogen and oxygen atoms in total. The number of para-hydroxylation sites is 1. The van der Waals surface area contributed by atoms with Crippen molar-refractivity contribution in [2.24, 2.45) is 5.92 Å². The Morgan fingerprint density at radius 3 is 2.69 bits per heavy atom. The number of carbonyl (C=O) groups is 2. The van der Waals surface area contributed by atoms with Gasteiger partial charge in [0.05, 0.1) is 0 Å². The lowest BCUT2D eigenvalue weighted by molar-refractivity contribution is -0.122. The number of anilines is 1. The van der Waals surface area contributed by atoms with Gasteiger partial charge < -0.3 is 19.9 Å². The highest BCUT2D eigenvalue weighted by Crippen LogP contribution is 2.29. The maximum Gasteiger partial charge on any atom is 0.265 e. The molecule has 9 heteroatoms. The van der Waals surface area contributed by atoms with Crippen LogP contribution in [0.25, 0.3) is 11.4 Å². The number of rotatable bonds is 7. The van der Waals surface area contributed by atoms with Crippen molar-refractivity contribution in [2.45, 2.75) is 32.4 Å². The quantitative estimate of drug-likeness (QED) is 0.404. The maximum absolute atomic E-state index is 13.1. The zero-order chi connectivity index (χ0) is 25.1. The molecule has 2 aromatic heterocycles. The lowest BCUT2D eigenvalue weighted by Gasteiger charge is -2.19. The molecular weight excluding hydrogens is 458 g/mol. The van der Waals surface area contributed by atoms with Crippen LogP contribution in [0.2, 0.25) is 0 Å². The van der Waals surface area contributed by atoms with Gasteiger partial charge in [-0.15, -0.1) is 0 Å². The second-order valence-corrected chi connectivity index (χ2v) is 8.88. The Labute approximate surface area is 207 Å². The highest BCUT2D eigenvalue weighted by Gasteiger charge is 2.29. The number of fused-ring (bicyclic) bond motifs is 1. The normalized spacial score (nSPS) is 15.1. The number of aromatic nitrogens is 3. The van der Waals surface area contributed by atoms with Gasteiger partial charge in [-0.3, -0.25) is 14.6 Å². The van der Waals surface area contributed by atoms with Crippen LogP contribution in [0.3, 0.4) is 0 Å². The third-order valence-electron chi connectivity index (χ3n) is 5.91. The average Bonchev–Trinajstić information content (AvgIpc) is 3.55. The third-order valence-corrected chi connectivity index (χ3v) is 5.91. The molecule has 5 rings (SSSR count). The molecule has 2 aromatic carbocycles. The van der Waals surface area contributed by atoms with Gasteiger partial charge in [-0.05, 0) is 47.9 Å². The zero-order valence-corrected chi connectivity index (χ0v) is 19.8. The molecule has 0 saturated heterocycles. The number of ether oxygens (including phenoxy) is 1. The number of nitrogens with one attached hydrogen (secondary N) is 2. The summed E-state index contributed by atoms with van der Waals surface area (Å²) in [6, 6.07) is 17.5. The van der Waals surface area contributed by atoms with E-state index < -0.39 is 12.1 Å². The van der Waals surface area contributed by atoms with Crippen LogP contribution in [-0.4, -0.2) is 33.0 Å². The van der Waals surface area contributed by atoms with Gasteiger partial charge in [-0.1, -0.05) is 43.3 Å². The predicted octanol–water partition coefficient (Wildman–Crippen LogP) is 4.20. The second-order valence-electron chi connectivity index (χ2n) is 8.88. The molecule has 2 unspecified atom stereocenters. The molecular formula is C27H25N5O4. The first-order valence-corrected chi connectivity index (χ1v) is 11.7. The number of nitrogens with zero attached hydrogens (tertiary/aromatic N) is 3. The Bertz CT molecular complexity index is 1360. The average molecular weight is 484 g/mol. The molecule has 2 amide bonds. The minimum Gasteiger partial charge on any atom is -0.480 e.